The maximum atomic E-state index is 12.4. The highest BCUT2D eigenvalue weighted by atomic mass is 16.5. The summed E-state index contributed by atoms with van der Waals surface area (Å²) < 4.78 is 11.3. The van der Waals surface area contributed by atoms with E-state index < -0.39 is 5.91 Å². The van der Waals surface area contributed by atoms with E-state index in [4.69, 9.17) is 9.47 Å². The van der Waals surface area contributed by atoms with Crippen molar-refractivity contribution in [3.63, 3.8) is 0 Å². The Morgan fingerprint density at radius 3 is 2.63 bits per heavy atom. The minimum Gasteiger partial charge on any atom is -0.490 e. The summed E-state index contributed by atoms with van der Waals surface area (Å²) in [6.07, 6.45) is 2.43. The van der Waals surface area contributed by atoms with Gasteiger partial charge < -0.3 is 14.8 Å². The molecule has 2 rings (SSSR count). The molecule has 2 aromatic rings. The lowest BCUT2D eigenvalue weighted by Crippen LogP contribution is -2.13. The van der Waals surface area contributed by atoms with Gasteiger partial charge in [0.25, 0.3) is 5.91 Å². The van der Waals surface area contributed by atoms with Crippen LogP contribution in [0.15, 0.2) is 48.0 Å². The van der Waals surface area contributed by atoms with Gasteiger partial charge in [-0.05, 0) is 61.7 Å². The fraction of sp³-hybridized carbons (Fsp3) is 0.273. The molecule has 27 heavy (non-hydrogen) atoms. The van der Waals surface area contributed by atoms with Crippen molar-refractivity contribution < 1.29 is 14.3 Å². The standard InChI is InChI=1S/C22H24N2O3/c1-4-11-27-20-10-9-17(14-21(20)26-5-2)13-18(15-23)22(25)24-19-8-6-7-16(3)12-19/h6-10,12-14H,4-5,11H2,1-3H3,(H,24,25)/b18-13+. The van der Waals surface area contributed by atoms with Crippen LogP contribution >= 0.6 is 0 Å². The van der Waals surface area contributed by atoms with Crippen LogP contribution < -0.4 is 14.8 Å². The Balaban J connectivity index is 2.24. The van der Waals surface area contributed by atoms with E-state index in [0.29, 0.717) is 36.0 Å². The Labute approximate surface area is 160 Å². The molecule has 0 saturated heterocycles. The molecule has 0 aliphatic carbocycles. The van der Waals surface area contributed by atoms with Gasteiger partial charge in [-0.3, -0.25) is 4.79 Å². The molecule has 0 spiro atoms. The number of amides is 1. The number of hydrogen-bond acceptors (Lipinski definition) is 4. The van der Waals surface area contributed by atoms with E-state index in [-0.39, 0.29) is 5.57 Å². The van der Waals surface area contributed by atoms with Crippen LogP contribution in [-0.4, -0.2) is 19.1 Å². The van der Waals surface area contributed by atoms with E-state index in [1.54, 1.807) is 24.3 Å². The van der Waals surface area contributed by atoms with E-state index in [9.17, 15) is 10.1 Å². The van der Waals surface area contributed by atoms with Gasteiger partial charge >= 0.3 is 0 Å². The van der Waals surface area contributed by atoms with E-state index in [0.717, 1.165) is 12.0 Å². The van der Waals surface area contributed by atoms with Crippen LogP contribution in [-0.2, 0) is 4.79 Å². The van der Waals surface area contributed by atoms with Crippen LogP contribution in [0, 0.1) is 18.3 Å². The first-order chi connectivity index (χ1) is 13.1. The van der Waals surface area contributed by atoms with Gasteiger partial charge in [-0.25, -0.2) is 0 Å². The Morgan fingerprint density at radius 2 is 1.96 bits per heavy atom. The molecule has 0 unspecified atom stereocenters. The molecule has 0 heterocycles. The summed E-state index contributed by atoms with van der Waals surface area (Å²) in [5, 5.41) is 12.1. The highest BCUT2D eigenvalue weighted by molar-refractivity contribution is 6.09. The number of nitrogens with one attached hydrogen (secondary N) is 1. The van der Waals surface area contributed by atoms with Gasteiger partial charge in [-0.1, -0.05) is 25.1 Å². The SMILES string of the molecule is CCCOc1ccc(/C=C(\C#N)C(=O)Nc2cccc(C)c2)cc1OCC. The van der Waals surface area contributed by atoms with Crippen molar-refractivity contribution in [1.82, 2.24) is 0 Å². The summed E-state index contributed by atoms with van der Waals surface area (Å²) in [6.45, 7) is 6.95. The molecule has 0 aliphatic heterocycles. The molecule has 5 heteroatoms. The summed E-state index contributed by atoms with van der Waals surface area (Å²) in [5.41, 5.74) is 2.39. The second-order valence-electron chi connectivity index (χ2n) is 5.98. The molecule has 0 bridgehead atoms. The number of carbonyl (C=O) groups is 1. The number of ether oxygens (including phenoxy) is 2. The topological polar surface area (TPSA) is 71.3 Å². The first kappa shape index (κ1) is 20.1. The van der Waals surface area contributed by atoms with Gasteiger partial charge in [0.15, 0.2) is 11.5 Å². The molecule has 1 amide bonds. The lowest BCUT2D eigenvalue weighted by molar-refractivity contribution is -0.112. The van der Waals surface area contributed by atoms with Crippen molar-refractivity contribution >= 4 is 17.7 Å². The number of nitriles is 1. The highest BCUT2D eigenvalue weighted by Gasteiger charge is 2.11. The van der Waals surface area contributed by atoms with Crippen molar-refractivity contribution in [3.05, 3.63) is 59.2 Å². The summed E-state index contributed by atoms with van der Waals surface area (Å²) >= 11 is 0. The van der Waals surface area contributed by atoms with Gasteiger partial charge in [0.05, 0.1) is 13.2 Å². The number of aryl methyl sites for hydroxylation is 1. The maximum absolute atomic E-state index is 12.4. The van der Waals surface area contributed by atoms with E-state index >= 15 is 0 Å². The quantitative estimate of drug-likeness (QED) is 0.543. The first-order valence-corrected chi connectivity index (χ1v) is 8.96. The van der Waals surface area contributed by atoms with Gasteiger partial charge in [0.1, 0.15) is 11.6 Å². The number of benzene rings is 2. The molecular weight excluding hydrogens is 340 g/mol. The van der Waals surface area contributed by atoms with Crippen LogP contribution in [0.1, 0.15) is 31.4 Å². The molecule has 0 fully saturated rings. The van der Waals surface area contributed by atoms with E-state index in [2.05, 4.69) is 5.32 Å². The van der Waals surface area contributed by atoms with Crippen molar-refractivity contribution in [2.75, 3.05) is 18.5 Å². The summed E-state index contributed by atoms with van der Waals surface area (Å²) in [5.74, 6) is 0.794. The normalized spacial score (nSPS) is 10.8. The van der Waals surface area contributed by atoms with Crippen molar-refractivity contribution in [2.24, 2.45) is 0 Å². The zero-order valence-corrected chi connectivity index (χ0v) is 15.9. The first-order valence-electron chi connectivity index (χ1n) is 8.96. The molecule has 5 nitrogen and oxygen atoms in total. The molecule has 0 aliphatic rings. The molecule has 1 N–H and O–H groups in total. The number of anilines is 1. The number of nitrogens with zero attached hydrogens (tertiary/aromatic N) is 1. The molecule has 0 atom stereocenters. The van der Waals surface area contributed by atoms with Crippen LogP contribution in [0.3, 0.4) is 0 Å². The summed E-state index contributed by atoms with van der Waals surface area (Å²) in [4.78, 5) is 12.4. The van der Waals surface area contributed by atoms with Gasteiger partial charge in [-0.2, -0.15) is 5.26 Å². The largest absolute Gasteiger partial charge is 0.490 e. The fourth-order valence-corrected chi connectivity index (χ4v) is 2.45. The maximum Gasteiger partial charge on any atom is 0.266 e. The van der Waals surface area contributed by atoms with Crippen molar-refractivity contribution in [1.29, 1.82) is 5.26 Å². The monoisotopic (exact) mass is 364 g/mol. The van der Waals surface area contributed by atoms with Crippen molar-refractivity contribution in [2.45, 2.75) is 27.2 Å². The van der Waals surface area contributed by atoms with Gasteiger partial charge in [0, 0.05) is 5.69 Å². The van der Waals surface area contributed by atoms with Gasteiger partial charge in [0.2, 0.25) is 0 Å². The van der Waals surface area contributed by atoms with Gasteiger partial charge in [-0.15, -0.1) is 0 Å². The number of hydrogen-bond donors (Lipinski definition) is 1. The van der Waals surface area contributed by atoms with Crippen LogP contribution in [0.4, 0.5) is 5.69 Å². The second-order valence-corrected chi connectivity index (χ2v) is 5.98. The minimum atomic E-state index is -0.452. The van der Waals surface area contributed by atoms with E-state index in [1.807, 2.05) is 45.0 Å². The Morgan fingerprint density at radius 1 is 1.15 bits per heavy atom. The Hall–Kier alpha value is -3.26. The average Bonchev–Trinajstić information content (AvgIpc) is 2.65. The second kappa shape index (κ2) is 10.0. The highest BCUT2D eigenvalue weighted by Crippen LogP contribution is 2.29. The Kier molecular flexibility index (Phi) is 7.45. The molecule has 0 saturated carbocycles. The van der Waals surface area contributed by atoms with Crippen LogP contribution in [0.5, 0.6) is 11.5 Å². The zero-order valence-electron chi connectivity index (χ0n) is 15.9. The summed E-state index contributed by atoms with van der Waals surface area (Å²) in [6, 6.07) is 14.7. The van der Waals surface area contributed by atoms with Crippen molar-refractivity contribution in [3.8, 4) is 17.6 Å². The molecule has 2 aromatic carbocycles. The third-order valence-electron chi connectivity index (χ3n) is 3.68. The Bertz CT molecular complexity index is 866. The fourth-order valence-electron chi connectivity index (χ4n) is 2.45. The van der Waals surface area contributed by atoms with E-state index in [1.165, 1.54) is 6.08 Å². The number of rotatable bonds is 8. The lowest BCUT2D eigenvalue weighted by Gasteiger charge is -2.12. The average molecular weight is 364 g/mol. The molecule has 0 aromatic heterocycles. The lowest BCUT2D eigenvalue weighted by atomic mass is 10.1. The number of carbonyl (C=O) groups excluding carboxylic acids is 1. The zero-order chi connectivity index (χ0) is 19.6. The molecule has 140 valence electrons. The summed E-state index contributed by atoms with van der Waals surface area (Å²) in [7, 11) is 0. The minimum absolute atomic E-state index is 0.0150. The van der Waals surface area contributed by atoms with Crippen LogP contribution in [0.2, 0.25) is 0 Å². The molecular formula is C22H24N2O3. The third-order valence-corrected chi connectivity index (χ3v) is 3.68. The smallest absolute Gasteiger partial charge is 0.266 e. The van der Waals surface area contributed by atoms with Crippen LogP contribution in [0.25, 0.3) is 6.08 Å². The molecule has 0 radical (unpaired) electrons. The third kappa shape index (κ3) is 5.89. The predicted molar refractivity (Wildman–Crippen MR) is 107 cm³/mol. The predicted octanol–water partition coefficient (Wildman–Crippen LogP) is 4.73.